The highest BCUT2D eigenvalue weighted by molar-refractivity contribution is 6.18. The standard InChI is InChI=1S/C38H36N2O2/c1-39(2)27-15-9-25(10-16-27)13-23-35(41)34-22-21-33-31-19-20-32(30-8-6-5-7-29(30)31)37(33)38(34)36(42)24-14-26-11-17-28(18-12-26)40(3)4/h5-18,21-24,31-32H,19-20H2,1-4H3/b23-13+,24-14+. The van der Waals surface area contributed by atoms with Gasteiger partial charge < -0.3 is 9.80 Å². The molecule has 4 aromatic rings. The molecule has 0 heterocycles. The molecule has 42 heavy (non-hydrogen) atoms. The lowest BCUT2D eigenvalue weighted by molar-refractivity contribution is 0.101. The minimum Gasteiger partial charge on any atom is -0.378 e. The Morgan fingerprint density at radius 3 is 1.64 bits per heavy atom. The maximum atomic E-state index is 14.1. The molecule has 0 aromatic heterocycles. The molecule has 0 radical (unpaired) electrons. The van der Waals surface area contributed by atoms with Crippen LogP contribution in [0.4, 0.5) is 11.4 Å². The minimum absolute atomic E-state index is 0.114. The lowest BCUT2D eigenvalue weighted by Gasteiger charge is -2.41. The average Bonchev–Trinajstić information content (AvgIpc) is 3.02. The third kappa shape index (κ3) is 5.09. The first-order valence-corrected chi connectivity index (χ1v) is 14.6. The van der Waals surface area contributed by atoms with E-state index in [-0.39, 0.29) is 23.4 Å². The summed E-state index contributed by atoms with van der Waals surface area (Å²) in [5, 5.41) is 0. The maximum absolute atomic E-state index is 14.1. The van der Waals surface area contributed by atoms with Crippen LogP contribution < -0.4 is 9.80 Å². The number of carbonyl (C=O) groups excluding carboxylic acids is 2. The van der Waals surface area contributed by atoms with E-state index in [2.05, 4.69) is 30.3 Å². The molecule has 0 saturated carbocycles. The molecule has 4 heteroatoms. The summed E-state index contributed by atoms with van der Waals surface area (Å²) in [6.07, 6.45) is 8.96. The van der Waals surface area contributed by atoms with Gasteiger partial charge in [0.2, 0.25) is 0 Å². The van der Waals surface area contributed by atoms with Crippen LogP contribution in [0.3, 0.4) is 0 Å². The summed E-state index contributed by atoms with van der Waals surface area (Å²) < 4.78 is 0. The Balaban J connectivity index is 1.40. The number of ketones is 2. The van der Waals surface area contributed by atoms with Crippen LogP contribution >= 0.6 is 0 Å². The molecule has 0 aliphatic heterocycles. The minimum atomic E-state index is -0.156. The number of allylic oxidation sites excluding steroid dienone is 2. The first-order chi connectivity index (χ1) is 20.3. The average molecular weight is 553 g/mol. The van der Waals surface area contributed by atoms with Gasteiger partial charge in [-0.3, -0.25) is 9.59 Å². The SMILES string of the molecule is CN(C)c1ccc(/C=C/C(=O)c2ccc3c(c2C(=O)/C=C/c2ccc(N(C)C)cc2)C2CCC3c3ccccc32)cc1. The first-order valence-electron chi connectivity index (χ1n) is 14.6. The highest BCUT2D eigenvalue weighted by Gasteiger charge is 2.40. The fourth-order valence-electron chi connectivity index (χ4n) is 6.48. The zero-order chi connectivity index (χ0) is 29.4. The second-order valence-corrected chi connectivity index (χ2v) is 11.7. The van der Waals surface area contributed by atoms with Crippen LogP contribution in [-0.2, 0) is 0 Å². The van der Waals surface area contributed by atoms with Crippen molar-refractivity contribution >= 4 is 35.1 Å². The number of rotatable bonds is 8. The molecule has 0 N–H and O–H groups in total. The van der Waals surface area contributed by atoms with Gasteiger partial charge >= 0.3 is 0 Å². The van der Waals surface area contributed by atoms with E-state index in [9.17, 15) is 9.59 Å². The van der Waals surface area contributed by atoms with Crippen LogP contribution in [0.5, 0.6) is 0 Å². The van der Waals surface area contributed by atoms with Gasteiger partial charge in [0.1, 0.15) is 0 Å². The molecular weight excluding hydrogens is 516 g/mol. The summed E-state index contributed by atoms with van der Waals surface area (Å²) in [6, 6.07) is 28.7. The molecule has 0 amide bonds. The zero-order valence-electron chi connectivity index (χ0n) is 24.7. The Kier molecular flexibility index (Phi) is 7.38. The topological polar surface area (TPSA) is 40.6 Å². The molecule has 2 bridgehead atoms. The molecule has 210 valence electrons. The van der Waals surface area contributed by atoms with Crippen LogP contribution in [0.2, 0.25) is 0 Å². The Bertz CT molecular complexity index is 1710. The van der Waals surface area contributed by atoms with Crippen molar-refractivity contribution in [2.75, 3.05) is 38.0 Å². The zero-order valence-corrected chi connectivity index (χ0v) is 24.7. The van der Waals surface area contributed by atoms with Crippen molar-refractivity contribution in [3.05, 3.63) is 142 Å². The lowest BCUT2D eigenvalue weighted by Crippen LogP contribution is -2.28. The molecule has 3 aliphatic rings. The van der Waals surface area contributed by atoms with Crippen molar-refractivity contribution < 1.29 is 9.59 Å². The third-order valence-electron chi connectivity index (χ3n) is 8.68. The normalized spacial score (nSPS) is 16.9. The van der Waals surface area contributed by atoms with Crippen molar-refractivity contribution in [3.8, 4) is 0 Å². The Morgan fingerprint density at radius 1 is 0.595 bits per heavy atom. The molecule has 4 nitrogen and oxygen atoms in total. The van der Waals surface area contributed by atoms with E-state index in [1.54, 1.807) is 12.2 Å². The molecule has 0 spiro atoms. The molecule has 4 aromatic carbocycles. The largest absolute Gasteiger partial charge is 0.378 e. The maximum Gasteiger partial charge on any atom is 0.186 e. The molecular formula is C38H36N2O2. The van der Waals surface area contributed by atoms with E-state index in [0.29, 0.717) is 11.1 Å². The van der Waals surface area contributed by atoms with Gasteiger partial charge in [0, 0.05) is 62.5 Å². The summed E-state index contributed by atoms with van der Waals surface area (Å²) in [5.41, 5.74) is 9.98. The first kappa shape index (κ1) is 27.5. The summed E-state index contributed by atoms with van der Waals surface area (Å²) in [7, 11) is 8.01. The predicted molar refractivity (Wildman–Crippen MR) is 174 cm³/mol. The molecule has 0 saturated heterocycles. The number of nitrogens with zero attached hydrogens (tertiary/aromatic N) is 2. The summed E-state index contributed by atoms with van der Waals surface area (Å²) in [5.74, 6) is 0.0883. The van der Waals surface area contributed by atoms with Gasteiger partial charge in [-0.15, -0.1) is 0 Å². The summed E-state index contributed by atoms with van der Waals surface area (Å²) >= 11 is 0. The van der Waals surface area contributed by atoms with Crippen LogP contribution in [0.1, 0.15) is 78.8 Å². The summed E-state index contributed by atoms with van der Waals surface area (Å²) in [4.78, 5) is 31.9. The van der Waals surface area contributed by atoms with E-state index in [0.717, 1.165) is 40.9 Å². The number of hydrogen-bond acceptors (Lipinski definition) is 4. The predicted octanol–water partition coefficient (Wildman–Crippen LogP) is 7.98. The Hall–Kier alpha value is -4.70. The Morgan fingerprint density at radius 2 is 1.10 bits per heavy atom. The van der Waals surface area contributed by atoms with E-state index in [4.69, 9.17) is 0 Å². The fourth-order valence-corrected chi connectivity index (χ4v) is 6.48. The van der Waals surface area contributed by atoms with Gasteiger partial charge in [0.25, 0.3) is 0 Å². The van der Waals surface area contributed by atoms with Crippen LogP contribution in [0, 0.1) is 0 Å². The molecule has 2 unspecified atom stereocenters. The monoisotopic (exact) mass is 552 g/mol. The second kappa shape index (κ2) is 11.3. The van der Waals surface area contributed by atoms with Gasteiger partial charge in [0.05, 0.1) is 0 Å². The smallest absolute Gasteiger partial charge is 0.186 e. The fraction of sp³-hybridized carbons (Fsp3) is 0.211. The van der Waals surface area contributed by atoms with Crippen LogP contribution in [0.15, 0.2) is 97.1 Å². The second-order valence-electron chi connectivity index (χ2n) is 11.7. The summed E-state index contributed by atoms with van der Waals surface area (Å²) in [6.45, 7) is 0. The van der Waals surface area contributed by atoms with E-state index in [1.165, 1.54) is 16.7 Å². The van der Waals surface area contributed by atoms with Gasteiger partial charge in [-0.1, -0.05) is 66.7 Å². The number of carbonyl (C=O) groups is 2. The van der Waals surface area contributed by atoms with Gasteiger partial charge in [-0.2, -0.15) is 0 Å². The van der Waals surface area contributed by atoms with Gasteiger partial charge in [-0.05, 0) is 88.7 Å². The van der Waals surface area contributed by atoms with Crippen molar-refractivity contribution in [1.29, 1.82) is 0 Å². The number of benzene rings is 4. The van der Waals surface area contributed by atoms with Crippen molar-refractivity contribution in [2.45, 2.75) is 24.7 Å². The van der Waals surface area contributed by atoms with Crippen LogP contribution in [-0.4, -0.2) is 39.8 Å². The van der Waals surface area contributed by atoms with Crippen molar-refractivity contribution in [2.24, 2.45) is 0 Å². The molecule has 0 fully saturated rings. The number of anilines is 2. The van der Waals surface area contributed by atoms with Crippen molar-refractivity contribution in [3.63, 3.8) is 0 Å². The highest BCUT2D eigenvalue weighted by atomic mass is 16.1. The molecule has 7 rings (SSSR count). The van der Waals surface area contributed by atoms with Gasteiger partial charge in [0.15, 0.2) is 11.6 Å². The van der Waals surface area contributed by atoms with Gasteiger partial charge in [-0.25, -0.2) is 0 Å². The van der Waals surface area contributed by atoms with Crippen molar-refractivity contribution in [1.82, 2.24) is 0 Å². The number of hydrogen-bond donors (Lipinski definition) is 0. The highest BCUT2D eigenvalue weighted by Crippen LogP contribution is 2.54. The lowest BCUT2D eigenvalue weighted by atomic mass is 9.62. The molecule has 3 aliphatic carbocycles. The van der Waals surface area contributed by atoms with E-state index < -0.39 is 0 Å². The quantitative estimate of drug-likeness (QED) is 0.164. The van der Waals surface area contributed by atoms with E-state index in [1.807, 2.05) is 105 Å². The third-order valence-corrected chi connectivity index (χ3v) is 8.68. The molecule has 2 atom stereocenters. The van der Waals surface area contributed by atoms with Crippen LogP contribution in [0.25, 0.3) is 12.2 Å². The van der Waals surface area contributed by atoms with E-state index >= 15 is 0 Å². The Labute approximate surface area is 248 Å². The number of fused-ring (bicyclic) bond motifs is 1.